The molecule has 1 N–H and O–H groups in total. The van der Waals surface area contributed by atoms with E-state index in [1.54, 1.807) is 7.11 Å². The van der Waals surface area contributed by atoms with Gasteiger partial charge in [0.15, 0.2) is 0 Å². The first-order valence-electron chi connectivity index (χ1n) is 10.2. The van der Waals surface area contributed by atoms with Crippen LogP contribution in [-0.2, 0) is 11.2 Å². The molecule has 4 heteroatoms. The van der Waals surface area contributed by atoms with Gasteiger partial charge in [0.1, 0.15) is 5.75 Å². The molecule has 2 aromatic carbocycles. The van der Waals surface area contributed by atoms with Gasteiger partial charge in [0.2, 0.25) is 5.91 Å². The number of carbonyl (C=O) groups excluding carboxylic acids is 1. The highest BCUT2D eigenvalue weighted by Gasteiger charge is 2.24. The van der Waals surface area contributed by atoms with Crippen molar-refractivity contribution in [1.82, 2.24) is 9.88 Å². The zero-order chi connectivity index (χ0) is 19.3. The molecule has 1 saturated heterocycles. The van der Waals surface area contributed by atoms with Crippen molar-refractivity contribution >= 4 is 16.8 Å². The Morgan fingerprint density at radius 2 is 2.11 bits per heavy atom. The molecule has 1 aliphatic heterocycles. The molecule has 4 nitrogen and oxygen atoms in total. The highest BCUT2D eigenvalue weighted by atomic mass is 16.5. The number of H-pyrrole nitrogens is 1. The van der Waals surface area contributed by atoms with Crippen molar-refractivity contribution in [2.45, 2.75) is 38.0 Å². The van der Waals surface area contributed by atoms with Crippen LogP contribution in [0.4, 0.5) is 0 Å². The summed E-state index contributed by atoms with van der Waals surface area (Å²) in [4.78, 5) is 18.2. The molecule has 1 aromatic heterocycles. The van der Waals surface area contributed by atoms with Gasteiger partial charge in [-0.15, -0.1) is 0 Å². The van der Waals surface area contributed by atoms with Crippen LogP contribution in [0.1, 0.15) is 42.7 Å². The van der Waals surface area contributed by atoms with Crippen LogP contribution in [0.15, 0.2) is 54.7 Å². The number of aromatic amines is 1. The van der Waals surface area contributed by atoms with Gasteiger partial charge in [-0.25, -0.2) is 0 Å². The number of amides is 1. The van der Waals surface area contributed by atoms with Crippen molar-refractivity contribution < 1.29 is 9.53 Å². The minimum atomic E-state index is 0.285. The number of ether oxygens (including phenoxy) is 1. The van der Waals surface area contributed by atoms with Crippen molar-refractivity contribution in [1.29, 1.82) is 0 Å². The van der Waals surface area contributed by atoms with Crippen LogP contribution in [0, 0.1) is 0 Å². The molecule has 1 atom stereocenters. The lowest BCUT2D eigenvalue weighted by Gasteiger charge is -2.33. The molecule has 28 heavy (non-hydrogen) atoms. The molecule has 0 spiro atoms. The molecule has 0 radical (unpaired) electrons. The predicted molar refractivity (Wildman–Crippen MR) is 113 cm³/mol. The van der Waals surface area contributed by atoms with E-state index in [0.717, 1.165) is 44.5 Å². The quantitative estimate of drug-likeness (QED) is 0.665. The number of carbonyl (C=O) groups is 1. The molecule has 2 heterocycles. The highest BCUT2D eigenvalue weighted by Crippen LogP contribution is 2.29. The number of hydrogen-bond donors (Lipinski definition) is 1. The molecule has 4 rings (SSSR count). The molecule has 1 fully saturated rings. The second kappa shape index (κ2) is 8.51. The first kappa shape index (κ1) is 18.6. The average molecular weight is 376 g/mol. The third-order valence-corrected chi connectivity index (χ3v) is 5.85. The number of rotatable bonds is 6. The summed E-state index contributed by atoms with van der Waals surface area (Å²) in [5, 5.41) is 1.27. The smallest absolute Gasteiger partial charge is 0.222 e. The molecule has 0 bridgehead atoms. The van der Waals surface area contributed by atoms with Crippen LogP contribution in [-0.4, -0.2) is 36.0 Å². The Balaban J connectivity index is 1.33. The maximum Gasteiger partial charge on any atom is 0.222 e. The number of benzene rings is 2. The van der Waals surface area contributed by atoms with Crippen LogP contribution < -0.4 is 4.74 Å². The maximum atomic E-state index is 12.8. The molecular weight excluding hydrogens is 348 g/mol. The summed E-state index contributed by atoms with van der Waals surface area (Å²) in [6.07, 6.45) is 6.71. The van der Waals surface area contributed by atoms with Gasteiger partial charge in [0.25, 0.3) is 0 Å². The van der Waals surface area contributed by atoms with Gasteiger partial charge >= 0.3 is 0 Å². The van der Waals surface area contributed by atoms with E-state index >= 15 is 0 Å². The number of para-hydroxylation sites is 1. The second-order valence-corrected chi connectivity index (χ2v) is 7.67. The van der Waals surface area contributed by atoms with Crippen molar-refractivity contribution in [2.75, 3.05) is 20.2 Å². The van der Waals surface area contributed by atoms with Crippen LogP contribution in [0.2, 0.25) is 0 Å². The lowest BCUT2D eigenvalue weighted by atomic mass is 9.90. The Morgan fingerprint density at radius 1 is 1.21 bits per heavy atom. The van der Waals surface area contributed by atoms with Gasteiger partial charge in [0.05, 0.1) is 7.11 Å². The van der Waals surface area contributed by atoms with E-state index in [4.69, 9.17) is 4.74 Å². The van der Waals surface area contributed by atoms with Crippen LogP contribution in [0.25, 0.3) is 10.9 Å². The number of methoxy groups -OCH3 is 1. The van der Waals surface area contributed by atoms with Gasteiger partial charge in [-0.05, 0) is 55.0 Å². The Hall–Kier alpha value is -2.75. The number of likely N-dealkylation sites (tertiary alicyclic amines) is 1. The Bertz CT molecular complexity index is 946. The van der Waals surface area contributed by atoms with Crippen LogP contribution in [0.5, 0.6) is 5.75 Å². The summed E-state index contributed by atoms with van der Waals surface area (Å²) < 4.78 is 5.36. The number of aryl methyl sites for hydroxylation is 1. The van der Waals surface area contributed by atoms with Gasteiger partial charge < -0.3 is 14.6 Å². The number of hydrogen-bond acceptors (Lipinski definition) is 2. The van der Waals surface area contributed by atoms with E-state index in [1.165, 1.54) is 22.0 Å². The number of piperidine rings is 1. The van der Waals surface area contributed by atoms with Crippen LogP contribution in [0.3, 0.4) is 0 Å². The van der Waals surface area contributed by atoms with Crippen LogP contribution >= 0.6 is 0 Å². The van der Waals surface area contributed by atoms with Crippen molar-refractivity contribution in [3.8, 4) is 5.75 Å². The van der Waals surface area contributed by atoms with Gasteiger partial charge in [0, 0.05) is 42.5 Å². The lowest BCUT2D eigenvalue weighted by molar-refractivity contribution is -0.132. The maximum absolute atomic E-state index is 12.8. The summed E-state index contributed by atoms with van der Waals surface area (Å²) in [6.45, 7) is 1.70. The molecule has 0 aliphatic carbocycles. The fraction of sp³-hybridized carbons (Fsp3) is 0.375. The topological polar surface area (TPSA) is 45.3 Å². The van der Waals surface area contributed by atoms with E-state index in [0.29, 0.717) is 12.3 Å². The second-order valence-electron chi connectivity index (χ2n) is 7.67. The molecule has 1 aliphatic rings. The van der Waals surface area contributed by atoms with Gasteiger partial charge in [-0.2, -0.15) is 0 Å². The Kier molecular flexibility index (Phi) is 5.65. The third-order valence-electron chi connectivity index (χ3n) is 5.85. The third kappa shape index (κ3) is 4.06. The van der Waals surface area contributed by atoms with E-state index in [1.807, 2.05) is 18.2 Å². The summed E-state index contributed by atoms with van der Waals surface area (Å²) in [5.41, 5.74) is 3.74. The standard InChI is InChI=1S/C24H28N2O2/c1-28-21-10-4-7-18(15-21)20-9-6-14-26(17-20)24(27)13-5-8-19-16-25-23-12-3-2-11-22(19)23/h2-4,7,10-12,15-16,20,25H,5-6,8-9,13-14,17H2,1H3. The first-order chi connectivity index (χ1) is 13.7. The average Bonchev–Trinajstić information content (AvgIpc) is 3.17. The molecule has 1 amide bonds. The lowest BCUT2D eigenvalue weighted by Crippen LogP contribution is -2.39. The number of nitrogens with one attached hydrogen (secondary N) is 1. The normalized spacial score (nSPS) is 17.0. The molecule has 1 unspecified atom stereocenters. The molecule has 3 aromatic rings. The zero-order valence-corrected chi connectivity index (χ0v) is 16.5. The van der Waals surface area contributed by atoms with E-state index in [9.17, 15) is 4.79 Å². The SMILES string of the molecule is COc1cccc(C2CCCN(C(=O)CCCc3c[nH]c4ccccc34)C2)c1. The summed E-state index contributed by atoms with van der Waals surface area (Å²) >= 11 is 0. The fourth-order valence-electron chi connectivity index (χ4n) is 4.30. The zero-order valence-electron chi connectivity index (χ0n) is 16.5. The van der Waals surface area contributed by atoms with Gasteiger partial charge in [-0.3, -0.25) is 4.79 Å². The number of nitrogens with zero attached hydrogens (tertiary/aromatic N) is 1. The Labute approximate surface area is 166 Å². The molecule has 0 saturated carbocycles. The summed E-state index contributed by atoms with van der Waals surface area (Å²) in [7, 11) is 1.70. The first-order valence-corrected chi connectivity index (χ1v) is 10.2. The van der Waals surface area contributed by atoms with E-state index in [2.05, 4.69) is 46.4 Å². The van der Waals surface area contributed by atoms with Gasteiger partial charge in [-0.1, -0.05) is 30.3 Å². The van der Waals surface area contributed by atoms with E-state index < -0.39 is 0 Å². The number of aromatic nitrogens is 1. The largest absolute Gasteiger partial charge is 0.497 e. The number of fused-ring (bicyclic) bond motifs is 1. The Morgan fingerprint density at radius 3 is 3.00 bits per heavy atom. The van der Waals surface area contributed by atoms with Crippen molar-refractivity contribution in [3.63, 3.8) is 0 Å². The highest BCUT2D eigenvalue weighted by molar-refractivity contribution is 5.83. The summed E-state index contributed by atoms with van der Waals surface area (Å²) in [6, 6.07) is 16.6. The van der Waals surface area contributed by atoms with Crippen molar-refractivity contribution in [3.05, 3.63) is 65.9 Å². The molecular formula is C24H28N2O2. The van der Waals surface area contributed by atoms with E-state index in [-0.39, 0.29) is 5.91 Å². The summed E-state index contributed by atoms with van der Waals surface area (Å²) in [5.74, 6) is 1.58. The fourth-order valence-corrected chi connectivity index (χ4v) is 4.30. The minimum absolute atomic E-state index is 0.285. The molecule has 146 valence electrons. The predicted octanol–water partition coefficient (Wildman–Crippen LogP) is 4.91. The minimum Gasteiger partial charge on any atom is -0.497 e. The monoisotopic (exact) mass is 376 g/mol. The van der Waals surface area contributed by atoms with Crippen molar-refractivity contribution in [2.24, 2.45) is 0 Å².